The van der Waals surface area contributed by atoms with Gasteiger partial charge in [-0.2, -0.15) is 0 Å². The summed E-state index contributed by atoms with van der Waals surface area (Å²) in [5, 5.41) is 3.12. The maximum Gasteiger partial charge on any atom is 0.264 e. The number of amides is 2. The Morgan fingerprint density at radius 2 is 1.57 bits per heavy atom. The van der Waals surface area contributed by atoms with Gasteiger partial charge >= 0.3 is 0 Å². The Kier molecular flexibility index (Phi) is 12.4. The maximum atomic E-state index is 14.3. The molecule has 0 heterocycles. The fraction of sp³-hybridized carbons (Fsp3) is 0.429. The lowest BCUT2D eigenvalue weighted by molar-refractivity contribution is -0.139. The SMILES string of the molecule is CCOc1ccc(N(CC(=O)N(Cc2cccc(OC)c2)[C@H](C)C(=O)NC2CCCCC2)S(=O)(=O)c2ccc(OC)c(OC)c2)cc1. The van der Waals surface area contributed by atoms with Gasteiger partial charge in [-0.1, -0.05) is 31.4 Å². The van der Waals surface area contributed by atoms with Crippen molar-refractivity contribution in [1.82, 2.24) is 10.2 Å². The molecule has 0 radical (unpaired) electrons. The number of benzene rings is 3. The molecule has 0 aromatic heterocycles. The molecule has 254 valence electrons. The van der Waals surface area contributed by atoms with E-state index in [9.17, 15) is 18.0 Å². The van der Waals surface area contributed by atoms with Crippen LogP contribution in [0, 0.1) is 0 Å². The minimum Gasteiger partial charge on any atom is -0.497 e. The molecule has 3 aromatic rings. The van der Waals surface area contributed by atoms with Gasteiger partial charge in [0.15, 0.2) is 11.5 Å². The summed E-state index contributed by atoms with van der Waals surface area (Å²) in [6.45, 7) is 3.44. The molecule has 2 amide bonds. The number of hydrogen-bond acceptors (Lipinski definition) is 8. The van der Waals surface area contributed by atoms with Crippen LogP contribution in [0.2, 0.25) is 0 Å². The van der Waals surface area contributed by atoms with E-state index in [1.807, 2.05) is 13.0 Å². The second kappa shape index (κ2) is 16.4. The summed E-state index contributed by atoms with van der Waals surface area (Å²) >= 11 is 0. The summed E-state index contributed by atoms with van der Waals surface area (Å²) in [6.07, 6.45) is 4.99. The van der Waals surface area contributed by atoms with Crippen LogP contribution < -0.4 is 28.6 Å². The van der Waals surface area contributed by atoms with Crippen molar-refractivity contribution >= 4 is 27.5 Å². The lowest BCUT2D eigenvalue weighted by Gasteiger charge is -2.33. The molecular formula is C35H45N3O8S. The highest BCUT2D eigenvalue weighted by Crippen LogP contribution is 2.33. The second-order valence-electron chi connectivity index (χ2n) is 11.3. The molecule has 4 rings (SSSR count). The summed E-state index contributed by atoms with van der Waals surface area (Å²) in [7, 11) is 0.0956. The number of ether oxygens (including phenoxy) is 4. The topological polar surface area (TPSA) is 124 Å². The predicted octanol–water partition coefficient (Wildman–Crippen LogP) is 5.17. The van der Waals surface area contributed by atoms with Gasteiger partial charge in [-0.3, -0.25) is 13.9 Å². The van der Waals surface area contributed by atoms with Crippen molar-refractivity contribution in [1.29, 1.82) is 0 Å². The van der Waals surface area contributed by atoms with E-state index in [1.165, 1.54) is 37.3 Å². The van der Waals surface area contributed by atoms with E-state index in [-0.39, 0.29) is 34.8 Å². The number of rotatable bonds is 15. The zero-order chi connectivity index (χ0) is 34.0. The normalized spacial score (nSPS) is 14.1. The molecule has 1 fully saturated rings. The van der Waals surface area contributed by atoms with E-state index < -0.39 is 28.5 Å². The van der Waals surface area contributed by atoms with Gasteiger partial charge in [0.25, 0.3) is 10.0 Å². The highest BCUT2D eigenvalue weighted by Gasteiger charge is 2.34. The Hall–Kier alpha value is -4.45. The van der Waals surface area contributed by atoms with Crippen LogP contribution in [0.25, 0.3) is 0 Å². The van der Waals surface area contributed by atoms with Gasteiger partial charge in [0.05, 0.1) is 38.5 Å². The highest BCUT2D eigenvalue weighted by atomic mass is 32.2. The molecule has 3 aromatic carbocycles. The van der Waals surface area contributed by atoms with Gasteiger partial charge in [0.1, 0.15) is 24.1 Å². The molecule has 1 N–H and O–H groups in total. The van der Waals surface area contributed by atoms with E-state index in [2.05, 4.69) is 5.32 Å². The average molecular weight is 668 g/mol. The Morgan fingerprint density at radius 1 is 0.872 bits per heavy atom. The first kappa shape index (κ1) is 35.4. The number of carbonyl (C=O) groups is 2. The number of nitrogens with one attached hydrogen (secondary N) is 1. The minimum absolute atomic E-state index is 0.0401. The first-order valence-corrected chi connectivity index (χ1v) is 17.3. The van der Waals surface area contributed by atoms with Crippen LogP contribution in [0.15, 0.2) is 71.6 Å². The summed E-state index contributed by atoms with van der Waals surface area (Å²) in [6, 6.07) is 17.1. The second-order valence-corrected chi connectivity index (χ2v) is 13.2. The zero-order valence-corrected chi connectivity index (χ0v) is 28.5. The van der Waals surface area contributed by atoms with Crippen LogP contribution in [0.5, 0.6) is 23.0 Å². The van der Waals surface area contributed by atoms with Crippen molar-refractivity contribution < 1.29 is 37.0 Å². The summed E-state index contributed by atoms with van der Waals surface area (Å²) < 4.78 is 51.3. The molecule has 0 aliphatic heterocycles. The van der Waals surface area contributed by atoms with Crippen molar-refractivity contribution in [2.75, 3.05) is 38.8 Å². The highest BCUT2D eigenvalue weighted by molar-refractivity contribution is 7.92. The maximum absolute atomic E-state index is 14.3. The molecule has 1 aliphatic rings. The minimum atomic E-state index is -4.33. The summed E-state index contributed by atoms with van der Waals surface area (Å²) in [5.41, 5.74) is 0.975. The lowest BCUT2D eigenvalue weighted by atomic mass is 9.95. The quantitative estimate of drug-likeness (QED) is 0.236. The van der Waals surface area contributed by atoms with Crippen molar-refractivity contribution in [2.24, 2.45) is 0 Å². The number of hydrogen-bond donors (Lipinski definition) is 1. The number of carbonyl (C=O) groups excluding carboxylic acids is 2. The van der Waals surface area contributed by atoms with Crippen molar-refractivity contribution in [3.63, 3.8) is 0 Å². The molecule has 12 heteroatoms. The smallest absolute Gasteiger partial charge is 0.264 e. The molecule has 0 saturated heterocycles. The number of sulfonamides is 1. The standard InChI is InChI=1S/C35H45N3O8S/c1-6-46-29-17-15-28(16-18-29)38(47(41,42)31-19-20-32(44-4)33(22-31)45-5)24-34(39)37(23-26-11-10-14-30(21-26)43-3)25(2)35(40)36-27-12-8-7-9-13-27/h10-11,14-22,25,27H,6-9,12-13,23-24H2,1-5H3,(H,36,40)/t25-/m1/s1. The van der Waals surface area contributed by atoms with Crippen LogP contribution in [0.3, 0.4) is 0 Å². The Bertz CT molecular complexity index is 1610. The van der Waals surface area contributed by atoms with Crippen molar-refractivity contribution in [3.05, 3.63) is 72.3 Å². The molecule has 1 aliphatic carbocycles. The first-order chi connectivity index (χ1) is 22.6. The van der Waals surface area contributed by atoms with Gasteiger partial charge in [-0.05, 0) is 80.8 Å². The molecule has 47 heavy (non-hydrogen) atoms. The zero-order valence-electron chi connectivity index (χ0n) is 27.7. The Labute approximate surface area is 277 Å². The third-order valence-corrected chi connectivity index (χ3v) is 10.0. The molecular weight excluding hydrogens is 622 g/mol. The number of nitrogens with zero attached hydrogens (tertiary/aromatic N) is 2. The van der Waals surface area contributed by atoms with Gasteiger partial charge in [0.2, 0.25) is 11.8 Å². The van der Waals surface area contributed by atoms with E-state index in [4.69, 9.17) is 18.9 Å². The van der Waals surface area contributed by atoms with Crippen LogP contribution in [-0.4, -0.2) is 71.7 Å². The molecule has 1 saturated carbocycles. The number of methoxy groups -OCH3 is 3. The van der Waals surface area contributed by atoms with Crippen LogP contribution in [-0.2, 0) is 26.2 Å². The van der Waals surface area contributed by atoms with E-state index in [0.29, 0.717) is 23.9 Å². The average Bonchev–Trinajstić information content (AvgIpc) is 3.09. The van der Waals surface area contributed by atoms with E-state index in [1.54, 1.807) is 56.5 Å². The van der Waals surface area contributed by atoms with Crippen LogP contribution in [0.4, 0.5) is 5.69 Å². The Morgan fingerprint density at radius 3 is 2.21 bits per heavy atom. The monoisotopic (exact) mass is 667 g/mol. The molecule has 0 spiro atoms. The van der Waals surface area contributed by atoms with Crippen LogP contribution >= 0.6 is 0 Å². The van der Waals surface area contributed by atoms with E-state index >= 15 is 0 Å². The van der Waals surface area contributed by atoms with Gasteiger partial charge in [0, 0.05) is 18.7 Å². The molecule has 0 bridgehead atoms. The van der Waals surface area contributed by atoms with Crippen molar-refractivity contribution in [3.8, 4) is 23.0 Å². The van der Waals surface area contributed by atoms with Gasteiger partial charge in [-0.25, -0.2) is 8.42 Å². The summed E-state index contributed by atoms with van der Waals surface area (Å²) in [4.78, 5) is 29.2. The van der Waals surface area contributed by atoms with Gasteiger partial charge in [-0.15, -0.1) is 0 Å². The fourth-order valence-corrected chi connectivity index (χ4v) is 7.06. The van der Waals surface area contributed by atoms with Crippen LogP contribution in [0.1, 0.15) is 51.5 Å². The summed E-state index contributed by atoms with van der Waals surface area (Å²) in [5.74, 6) is 0.886. The molecule has 0 unspecified atom stereocenters. The largest absolute Gasteiger partial charge is 0.497 e. The van der Waals surface area contributed by atoms with Gasteiger partial charge < -0.3 is 29.2 Å². The van der Waals surface area contributed by atoms with E-state index in [0.717, 1.165) is 42.0 Å². The predicted molar refractivity (Wildman–Crippen MR) is 180 cm³/mol. The molecule has 11 nitrogen and oxygen atoms in total. The Balaban J connectivity index is 1.72. The number of anilines is 1. The van der Waals surface area contributed by atoms with Crippen molar-refractivity contribution in [2.45, 2.75) is 69.5 Å². The third-order valence-electron chi connectivity index (χ3n) is 8.26. The third kappa shape index (κ3) is 8.88. The lowest BCUT2D eigenvalue weighted by Crippen LogP contribution is -2.53. The molecule has 1 atom stereocenters. The fourth-order valence-electron chi connectivity index (χ4n) is 5.63. The first-order valence-electron chi connectivity index (χ1n) is 15.8.